The van der Waals surface area contributed by atoms with Crippen LogP contribution >= 0.6 is 27.5 Å². The molecule has 0 radical (unpaired) electrons. The van der Waals surface area contributed by atoms with Crippen molar-refractivity contribution < 1.29 is 4.79 Å². The van der Waals surface area contributed by atoms with E-state index in [-0.39, 0.29) is 11.9 Å². The van der Waals surface area contributed by atoms with E-state index in [9.17, 15) is 4.79 Å². The highest BCUT2D eigenvalue weighted by Crippen LogP contribution is 2.24. The van der Waals surface area contributed by atoms with Gasteiger partial charge in [0.15, 0.2) is 0 Å². The van der Waals surface area contributed by atoms with Crippen LogP contribution in [0, 0.1) is 0 Å². The molecule has 1 amide bonds. The van der Waals surface area contributed by atoms with Crippen molar-refractivity contribution in [1.29, 1.82) is 0 Å². The molecule has 116 valence electrons. The highest BCUT2D eigenvalue weighted by molar-refractivity contribution is 9.10. The molecule has 0 saturated carbocycles. The quantitative estimate of drug-likeness (QED) is 0.862. The molecule has 1 aromatic carbocycles. The Kier molecular flexibility index (Phi) is 6.08. The molecule has 1 unspecified atom stereocenters. The van der Waals surface area contributed by atoms with E-state index in [1.54, 1.807) is 12.1 Å². The van der Waals surface area contributed by atoms with Crippen LogP contribution in [-0.2, 0) is 0 Å². The van der Waals surface area contributed by atoms with Crippen molar-refractivity contribution >= 4 is 33.4 Å². The smallest absolute Gasteiger partial charge is 0.255 e. The molecule has 21 heavy (non-hydrogen) atoms. The summed E-state index contributed by atoms with van der Waals surface area (Å²) >= 11 is 9.59. The van der Waals surface area contributed by atoms with Gasteiger partial charge < -0.3 is 10.2 Å². The molecule has 1 aromatic rings. The van der Waals surface area contributed by atoms with Gasteiger partial charge >= 0.3 is 0 Å². The maximum atomic E-state index is 12.8. The zero-order chi connectivity index (χ0) is 15.4. The maximum Gasteiger partial charge on any atom is 0.255 e. The molecule has 0 aliphatic carbocycles. The van der Waals surface area contributed by atoms with Crippen LogP contribution in [0.1, 0.15) is 43.5 Å². The summed E-state index contributed by atoms with van der Waals surface area (Å²) in [6.07, 6.45) is 3.59. The summed E-state index contributed by atoms with van der Waals surface area (Å²) in [5.41, 5.74) is 0.573. The first-order valence-electron chi connectivity index (χ1n) is 7.48. The minimum Gasteiger partial charge on any atom is -0.335 e. The number of piperidine rings is 1. The number of benzene rings is 1. The van der Waals surface area contributed by atoms with Gasteiger partial charge in [0.25, 0.3) is 5.91 Å². The van der Waals surface area contributed by atoms with Crippen molar-refractivity contribution in [1.82, 2.24) is 10.2 Å². The first kappa shape index (κ1) is 16.8. The van der Waals surface area contributed by atoms with Gasteiger partial charge in [0, 0.05) is 23.1 Å². The van der Waals surface area contributed by atoms with Crippen LogP contribution in [0.25, 0.3) is 0 Å². The summed E-state index contributed by atoms with van der Waals surface area (Å²) in [5, 5.41) is 4.00. The molecule has 1 fully saturated rings. The zero-order valence-electron chi connectivity index (χ0n) is 12.5. The van der Waals surface area contributed by atoms with Gasteiger partial charge in [-0.3, -0.25) is 4.79 Å². The van der Waals surface area contributed by atoms with Crippen LogP contribution in [0.4, 0.5) is 0 Å². The number of carbonyl (C=O) groups excluding carboxylic acids is 1. The normalized spacial score (nSPS) is 18.8. The molecule has 1 atom stereocenters. The Bertz CT molecular complexity index is 501. The maximum absolute atomic E-state index is 12.8. The largest absolute Gasteiger partial charge is 0.335 e. The predicted octanol–water partition coefficient (Wildman–Crippen LogP) is 4.10. The van der Waals surface area contributed by atoms with Gasteiger partial charge in [-0.05, 0) is 51.4 Å². The van der Waals surface area contributed by atoms with Gasteiger partial charge in [0.1, 0.15) is 0 Å². The zero-order valence-corrected chi connectivity index (χ0v) is 14.9. The van der Waals surface area contributed by atoms with Crippen LogP contribution < -0.4 is 5.32 Å². The Balaban J connectivity index is 2.14. The average Bonchev–Trinajstić information content (AvgIpc) is 2.45. The highest BCUT2D eigenvalue weighted by Gasteiger charge is 2.25. The Labute approximate surface area is 140 Å². The SMILES string of the molecule is CC(C)N(CC1CCCCN1)C(=O)c1ccc(Br)cc1Cl. The summed E-state index contributed by atoms with van der Waals surface area (Å²) in [4.78, 5) is 14.7. The third kappa shape index (κ3) is 4.44. The van der Waals surface area contributed by atoms with Crippen molar-refractivity contribution in [3.8, 4) is 0 Å². The second-order valence-corrected chi connectivity index (χ2v) is 7.15. The monoisotopic (exact) mass is 372 g/mol. The Morgan fingerprint density at radius 3 is 2.81 bits per heavy atom. The minimum atomic E-state index is 0.00914. The molecular weight excluding hydrogens is 352 g/mol. The van der Waals surface area contributed by atoms with Gasteiger partial charge in [-0.15, -0.1) is 0 Å². The molecule has 1 aliphatic rings. The Hall–Kier alpha value is -0.580. The number of nitrogens with one attached hydrogen (secondary N) is 1. The lowest BCUT2D eigenvalue weighted by Gasteiger charge is -2.33. The first-order valence-corrected chi connectivity index (χ1v) is 8.65. The fraction of sp³-hybridized carbons (Fsp3) is 0.562. The standard InChI is InChI=1S/C16H22BrClN2O/c1-11(2)20(10-13-5-3-4-8-19-13)16(21)14-7-6-12(17)9-15(14)18/h6-7,9,11,13,19H,3-5,8,10H2,1-2H3. The number of hydrogen-bond donors (Lipinski definition) is 1. The lowest BCUT2D eigenvalue weighted by atomic mass is 10.0. The molecular formula is C16H22BrClN2O. The van der Waals surface area contributed by atoms with E-state index in [1.165, 1.54) is 12.8 Å². The molecule has 2 rings (SSSR count). The third-order valence-electron chi connectivity index (χ3n) is 3.88. The number of rotatable bonds is 4. The second kappa shape index (κ2) is 7.61. The lowest BCUT2D eigenvalue weighted by molar-refractivity contribution is 0.0677. The van der Waals surface area contributed by atoms with E-state index in [0.29, 0.717) is 16.6 Å². The van der Waals surface area contributed by atoms with E-state index in [1.807, 2.05) is 24.8 Å². The number of carbonyl (C=O) groups is 1. The number of nitrogens with zero attached hydrogens (tertiary/aromatic N) is 1. The number of halogens is 2. The molecule has 0 spiro atoms. The minimum absolute atomic E-state index is 0.00914. The lowest BCUT2D eigenvalue weighted by Crippen LogP contribution is -2.48. The van der Waals surface area contributed by atoms with Crippen molar-refractivity contribution in [2.45, 2.75) is 45.2 Å². The van der Waals surface area contributed by atoms with Crippen molar-refractivity contribution in [3.05, 3.63) is 33.3 Å². The molecule has 1 saturated heterocycles. The summed E-state index contributed by atoms with van der Waals surface area (Å²) in [6.45, 7) is 5.88. The van der Waals surface area contributed by atoms with Crippen LogP contribution in [-0.4, -0.2) is 36.0 Å². The summed E-state index contributed by atoms with van der Waals surface area (Å²) in [7, 11) is 0. The molecule has 1 heterocycles. The van der Waals surface area contributed by atoms with Crippen LogP contribution in [0.2, 0.25) is 5.02 Å². The Morgan fingerprint density at radius 1 is 1.48 bits per heavy atom. The van der Waals surface area contributed by atoms with Crippen LogP contribution in [0.15, 0.2) is 22.7 Å². The third-order valence-corrected chi connectivity index (χ3v) is 4.68. The van der Waals surface area contributed by atoms with E-state index >= 15 is 0 Å². The molecule has 1 N–H and O–H groups in total. The fourth-order valence-corrected chi connectivity index (χ4v) is 3.42. The van der Waals surface area contributed by atoms with E-state index in [0.717, 1.165) is 24.0 Å². The Morgan fingerprint density at radius 2 is 2.24 bits per heavy atom. The molecule has 0 aromatic heterocycles. The van der Waals surface area contributed by atoms with Crippen molar-refractivity contribution in [2.24, 2.45) is 0 Å². The van der Waals surface area contributed by atoms with Gasteiger partial charge in [-0.25, -0.2) is 0 Å². The van der Waals surface area contributed by atoms with E-state index < -0.39 is 0 Å². The number of amides is 1. The summed E-state index contributed by atoms with van der Waals surface area (Å²) in [5.74, 6) is 0.00914. The molecule has 0 bridgehead atoms. The molecule has 1 aliphatic heterocycles. The van der Waals surface area contributed by atoms with Gasteiger partial charge in [0.05, 0.1) is 10.6 Å². The van der Waals surface area contributed by atoms with Gasteiger partial charge in [-0.2, -0.15) is 0 Å². The van der Waals surface area contributed by atoms with E-state index in [2.05, 4.69) is 21.2 Å². The second-order valence-electron chi connectivity index (χ2n) is 5.82. The first-order chi connectivity index (χ1) is 9.99. The van der Waals surface area contributed by atoms with E-state index in [4.69, 9.17) is 11.6 Å². The number of hydrogen-bond acceptors (Lipinski definition) is 2. The van der Waals surface area contributed by atoms with Crippen LogP contribution in [0.3, 0.4) is 0 Å². The summed E-state index contributed by atoms with van der Waals surface area (Å²) in [6, 6.07) is 5.96. The van der Waals surface area contributed by atoms with Gasteiger partial charge in [-0.1, -0.05) is 34.0 Å². The molecule has 5 heteroatoms. The van der Waals surface area contributed by atoms with Crippen LogP contribution in [0.5, 0.6) is 0 Å². The fourth-order valence-electron chi connectivity index (χ4n) is 2.66. The van der Waals surface area contributed by atoms with Crippen molar-refractivity contribution in [2.75, 3.05) is 13.1 Å². The average molecular weight is 374 g/mol. The summed E-state index contributed by atoms with van der Waals surface area (Å²) < 4.78 is 0.883. The van der Waals surface area contributed by atoms with Gasteiger partial charge in [0.2, 0.25) is 0 Å². The van der Waals surface area contributed by atoms with Crippen molar-refractivity contribution in [3.63, 3.8) is 0 Å². The highest BCUT2D eigenvalue weighted by atomic mass is 79.9. The molecule has 3 nitrogen and oxygen atoms in total. The topological polar surface area (TPSA) is 32.3 Å². The predicted molar refractivity (Wildman–Crippen MR) is 91.0 cm³/mol.